The quantitative estimate of drug-likeness (QED) is 0.493. The number of nitrogens with zero attached hydrogens (tertiary/aromatic N) is 5. The Labute approximate surface area is 210 Å². The van der Waals surface area contributed by atoms with E-state index < -0.39 is 22.8 Å². The average molecular weight is 543 g/mol. The molecule has 0 unspecified atom stereocenters. The molecule has 1 amide bonds. The molecule has 14 heteroatoms. The lowest BCUT2D eigenvalue weighted by Crippen LogP contribution is -2.49. The molecule has 0 aliphatic carbocycles. The summed E-state index contributed by atoms with van der Waals surface area (Å²) in [4.78, 5) is 25.6. The van der Waals surface area contributed by atoms with E-state index in [1.165, 1.54) is 26.5 Å². The largest absolute Gasteiger partial charge is 0.393 e. The molecule has 1 fully saturated rings. The second-order valence-electron chi connectivity index (χ2n) is 8.55. The lowest BCUT2D eigenvalue weighted by Gasteiger charge is -2.35. The van der Waals surface area contributed by atoms with Crippen LogP contribution in [-0.2, 0) is 27.8 Å². The van der Waals surface area contributed by atoms with Gasteiger partial charge in [0.25, 0.3) is 0 Å². The molecule has 0 atom stereocenters. The zero-order valence-corrected chi connectivity index (χ0v) is 21.3. The third-order valence-electron chi connectivity index (χ3n) is 5.70. The molecule has 3 heterocycles. The van der Waals surface area contributed by atoms with Gasteiger partial charge in [-0.3, -0.25) is 9.52 Å². The number of hydrogen-bond acceptors (Lipinski definition) is 7. The van der Waals surface area contributed by atoms with Crippen LogP contribution in [0.2, 0.25) is 0 Å². The number of fused-ring (bicyclic) bond motifs is 1. The van der Waals surface area contributed by atoms with Crippen molar-refractivity contribution in [1.82, 2.24) is 19.2 Å². The van der Waals surface area contributed by atoms with Crippen molar-refractivity contribution in [2.45, 2.75) is 19.0 Å². The van der Waals surface area contributed by atoms with Crippen LogP contribution in [0.15, 0.2) is 36.7 Å². The molecule has 9 nitrogen and oxygen atoms in total. The molecular weight excluding hydrogens is 517 g/mol. The van der Waals surface area contributed by atoms with Crippen molar-refractivity contribution in [3.63, 3.8) is 0 Å². The van der Waals surface area contributed by atoms with Gasteiger partial charge in [-0.15, -0.1) is 11.3 Å². The minimum atomic E-state index is -4.29. The van der Waals surface area contributed by atoms with E-state index in [0.717, 1.165) is 21.2 Å². The van der Waals surface area contributed by atoms with Crippen molar-refractivity contribution < 1.29 is 26.4 Å². The number of carbonyl (C=O) groups excluding carboxylic acids is 1. The minimum Gasteiger partial charge on any atom is -0.352 e. The summed E-state index contributed by atoms with van der Waals surface area (Å²) in [5.74, 6) is 0.514. The highest BCUT2D eigenvalue weighted by molar-refractivity contribution is 7.90. The van der Waals surface area contributed by atoms with Gasteiger partial charge >= 0.3 is 16.4 Å². The number of carbonyl (C=O) groups is 1. The highest BCUT2D eigenvalue weighted by atomic mass is 32.2. The van der Waals surface area contributed by atoms with Gasteiger partial charge in [-0.25, -0.2) is 9.97 Å². The first kappa shape index (κ1) is 26.1. The number of aromatic nitrogens is 2. The van der Waals surface area contributed by atoms with Crippen LogP contribution < -0.4 is 9.62 Å². The van der Waals surface area contributed by atoms with Crippen LogP contribution in [0.3, 0.4) is 0 Å². The number of anilines is 2. The van der Waals surface area contributed by atoms with Gasteiger partial charge < -0.3 is 9.80 Å². The predicted octanol–water partition coefficient (Wildman–Crippen LogP) is 2.91. The molecule has 1 saturated heterocycles. The summed E-state index contributed by atoms with van der Waals surface area (Å²) in [7, 11) is -0.759. The van der Waals surface area contributed by atoms with E-state index in [2.05, 4.69) is 14.7 Å². The molecule has 0 spiro atoms. The smallest absolute Gasteiger partial charge is 0.352 e. The number of rotatable bonds is 7. The fourth-order valence-electron chi connectivity index (χ4n) is 3.81. The van der Waals surface area contributed by atoms with Crippen molar-refractivity contribution in [3.05, 3.63) is 47.1 Å². The first-order valence-corrected chi connectivity index (χ1v) is 13.3. The van der Waals surface area contributed by atoms with Gasteiger partial charge in [-0.2, -0.15) is 25.9 Å². The Morgan fingerprint density at radius 1 is 1.11 bits per heavy atom. The molecule has 2 aromatic heterocycles. The van der Waals surface area contributed by atoms with E-state index in [0.29, 0.717) is 47.9 Å². The van der Waals surface area contributed by atoms with Gasteiger partial charge in [0.05, 0.1) is 18.2 Å². The molecule has 0 saturated carbocycles. The molecule has 3 aromatic rings. The Morgan fingerprint density at radius 2 is 1.78 bits per heavy atom. The number of nitrogens with one attached hydrogen (secondary N) is 1. The number of thiophene rings is 1. The zero-order chi connectivity index (χ0) is 26.1. The Morgan fingerprint density at radius 3 is 2.39 bits per heavy atom. The highest BCUT2D eigenvalue weighted by Gasteiger charge is 2.30. The first-order valence-electron chi connectivity index (χ1n) is 11.0. The molecule has 1 aliphatic heterocycles. The number of amides is 1. The molecule has 1 N–H and O–H groups in total. The molecular formula is C22H25F3N6O3S2. The predicted molar refractivity (Wildman–Crippen MR) is 132 cm³/mol. The van der Waals surface area contributed by atoms with E-state index in [-0.39, 0.29) is 17.2 Å². The number of hydrogen-bond donors (Lipinski definition) is 1. The Balaban J connectivity index is 1.36. The molecule has 36 heavy (non-hydrogen) atoms. The summed E-state index contributed by atoms with van der Waals surface area (Å²) < 4.78 is 65.8. The lowest BCUT2D eigenvalue weighted by atomic mass is 10.1. The maximum atomic E-state index is 12.8. The zero-order valence-electron chi connectivity index (χ0n) is 19.6. The standard InChI is InChI=1S/C22H25F3N6O3S2/c1-29(2)36(33,34)28-16-5-3-15(4-6-16)11-19(32)30-7-9-31(10-8-30)20-18-12-17(13-22(23,24)25)35-21(18)27-14-26-20/h3-6,12,14,28H,7-11,13H2,1-2H3. The van der Waals surface area contributed by atoms with Crippen LogP contribution in [0.25, 0.3) is 10.2 Å². The van der Waals surface area contributed by atoms with Gasteiger partial charge in [0.1, 0.15) is 17.0 Å². The second-order valence-corrected chi connectivity index (χ2v) is 11.6. The molecule has 0 radical (unpaired) electrons. The summed E-state index contributed by atoms with van der Waals surface area (Å²) in [5, 5.41) is 0.589. The summed E-state index contributed by atoms with van der Waals surface area (Å²) in [6, 6.07) is 8.12. The normalized spacial score (nSPS) is 15.1. The lowest BCUT2D eigenvalue weighted by molar-refractivity contribution is -0.130. The minimum absolute atomic E-state index is 0.0629. The van der Waals surface area contributed by atoms with Crippen LogP contribution in [-0.4, -0.2) is 79.9 Å². The van der Waals surface area contributed by atoms with Crippen molar-refractivity contribution in [2.75, 3.05) is 49.9 Å². The van der Waals surface area contributed by atoms with E-state index in [9.17, 15) is 26.4 Å². The van der Waals surface area contributed by atoms with E-state index in [1.807, 2.05) is 4.90 Å². The van der Waals surface area contributed by atoms with Gasteiger partial charge in [0.2, 0.25) is 5.91 Å². The van der Waals surface area contributed by atoms with E-state index in [4.69, 9.17) is 0 Å². The second kappa shape index (κ2) is 10.2. The third-order valence-corrected chi connectivity index (χ3v) is 8.20. The van der Waals surface area contributed by atoms with E-state index >= 15 is 0 Å². The summed E-state index contributed by atoms with van der Waals surface area (Å²) in [6.45, 7) is 1.89. The number of halogens is 3. The van der Waals surface area contributed by atoms with Crippen LogP contribution in [0.1, 0.15) is 10.4 Å². The van der Waals surface area contributed by atoms with Crippen molar-refractivity contribution in [3.8, 4) is 0 Å². The van der Waals surface area contributed by atoms with Crippen LogP contribution in [0.4, 0.5) is 24.7 Å². The van der Waals surface area contributed by atoms with Crippen LogP contribution in [0.5, 0.6) is 0 Å². The molecule has 1 aliphatic rings. The third kappa shape index (κ3) is 6.23. The first-order chi connectivity index (χ1) is 16.9. The van der Waals surface area contributed by atoms with Crippen molar-refractivity contribution >= 4 is 49.2 Å². The summed E-state index contributed by atoms with van der Waals surface area (Å²) in [5.41, 5.74) is 1.15. The summed E-state index contributed by atoms with van der Waals surface area (Å²) >= 11 is 1.01. The maximum absolute atomic E-state index is 12.8. The number of piperazine rings is 1. The average Bonchev–Trinajstić information content (AvgIpc) is 3.21. The maximum Gasteiger partial charge on any atom is 0.393 e. The van der Waals surface area contributed by atoms with Crippen molar-refractivity contribution in [2.24, 2.45) is 0 Å². The SMILES string of the molecule is CN(C)S(=O)(=O)Nc1ccc(CC(=O)N2CCN(c3ncnc4sc(CC(F)(F)F)cc34)CC2)cc1. The molecule has 1 aromatic carbocycles. The summed E-state index contributed by atoms with van der Waals surface area (Å²) in [6.07, 6.45) is -3.77. The molecule has 0 bridgehead atoms. The Kier molecular flexibility index (Phi) is 7.38. The van der Waals surface area contributed by atoms with Gasteiger partial charge in [-0.05, 0) is 23.8 Å². The molecule has 194 valence electrons. The van der Waals surface area contributed by atoms with Gasteiger partial charge in [0, 0.05) is 50.8 Å². The highest BCUT2D eigenvalue weighted by Crippen LogP contribution is 2.34. The number of alkyl halides is 3. The van der Waals surface area contributed by atoms with E-state index in [1.54, 1.807) is 29.2 Å². The fraction of sp³-hybridized carbons (Fsp3) is 0.409. The van der Waals surface area contributed by atoms with Gasteiger partial charge in [-0.1, -0.05) is 12.1 Å². The van der Waals surface area contributed by atoms with Crippen LogP contribution in [0, 0.1) is 0 Å². The topological polar surface area (TPSA) is 98.7 Å². The molecule has 4 rings (SSSR count). The Hall–Kier alpha value is -2.97. The van der Waals surface area contributed by atoms with Gasteiger partial charge in [0.15, 0.2) is 0 Å². The number of benzene rings is 1. The van der Waals surface area contributed by atoms with Crippen LogP contribution >= 0.6 is 11.3 Å². The monoisotopic (exact) mass is 542 g/mol. The fourth-order valence-corrected chi connectivity index (χ4v) is 5.45. The Bertz CT molecular complexity index is 1340. The van der Waals surface area contributed by atoms with Crippen molar-refractivity contribution in [1.29, 1.82) is 0 Å².